The molecule has 1 aliphatic rings. The maximum absolute atomic E-state index is 10.9. The van der Waals surface area contributed by atoms with Crippen molar-refractivity contribution in [3.05, 3.63) is 0 Å². The van der Waals surface area contributed by atoms with E-state index in [0.717, 1.165) is 18.8 Å². The Hall–Kier alpha value is -0.530. The molecule has 0 aromatic carbocycles. The van der Waals surface area contributed by atoms with Gasteiger partial charge in [-0.3, -0.25) is 4.79 Å². The van der Waals surface area contributed by atoms with E-state index in [4.69, 9.17) is 0 Å². The third-order valence-corrected chi connectivity index (χ3v) is 2.78. The van der Waals surface area contributed by atoms with Crippen molar-refractivity contribution in [1.82, 2.24) is 5.32 Å². The molecule has 84 valence electrons. The maximum atomic E-state index is 10.9. The van der Waals surface area contributed by atoms with Gasteiger partial charge in [0.1, 0.15) is 0 Å². The maximum Gasteiger partial charge on any atom is 0.219 e. The first-order valence-electron chi connectivity index (χ1n) is 6.03. The third-order valence-electron chi connectivity index (χ3n) is 2.78. The lowest BCUT2D eigenvalue weighted by Crippen LogP contribution is -2.19. The molecule has 1 aliphatic carbocycles. The van der Waals surface area contributed by atoms with Gasteiger partial charge >= 0.3 is 0 Å². The molecule has 0 aliphatic heterocycles. The summed E-state index contributed by atoms with van der Waals surface area (Å²) >= 11 is 0. The van der Waals surface area contributed by atoms with Crippen LogP contribution in [0, 0.1) is 5.92 Å². The van der Waals surface area contributed by atoms with Crippen molar-refractivity contribution in [2.75, 3.05) is 7.05 Å². The molecular weight excluding hydrogens is 174 g/mol. The summed E-state index contributed by atoms with van der Waals surface area (Å²) in [5, 5.41) is 2.67. The van der Waals surface area contributed by atoms with Crippen LogP contribution in [0.3, 0.4) is 0 Å². The van der Waals surface area contributed by atoms with Crippen molar-refractivity contribution in [2.45, 2.75) is 58.8 Å². The van der Waals surface area contributed by atoms with Gasteiger partial charge in [-0.1, -0.05) is 46.0 Å². The fourth-order valence-corrected chi connectivity index (χ4v) is 1.94. The Balaban J connectivity index is 0.000000791. The molecule has 0 atom stereocenters. The van der Waals surface area contributed by atoms with Gasteiger partial charge < -0.3 is 5.32 Å². The Bertz CT molecular complexity index is 139. The molecule has 0 unspecified atom stereocenters. The Morgan fingerprint density at radius 2 is 1.79 bits per heavy atom. The zero-order valence-electron chi connectivity index (χ0n) is 9.94. The van der Waals surface area contributed by atoms with Crippen LogP contribution in [0.2, 0.25) is 0 Å². The average Bonchev–Trinajstić information content (AvgIpc) is 2.30. The highest BCUT2D eigenvalue weighted by Gasteiger charge is 2.13. The number of amides is 1. The summed E-state index contributed by atoms with van der Waals surface area (Å²) in [6.45, 7) is 4.00. The fraction of sp³-hybridized carbons (Fsp3) is 0.917. The van der Waals surface area contributed by atoms with Gasteiger partial charge in [-0.15, -0.1) is 0 Å². The van der Waals surface area contributed by atoms with Gasteiger partial charge in [0.2, 0.25) is 5.91 Å². The molecule has 1 rings (SSSR count). The predicted octanol–water partition coefficient (Wildman–Crippen LogP) is 3.12. The Labute approximate surface area is 88.5 Å². The van der Waals surface area contributed by atoms with Gasteiger partial charge in [-0.2, -0.15) is 0 Å². The van der Waals surface area contributed by atoms with Gasteiger partial charge in [0.25, 0.3) is 0 Å². The summed E-state index contributed by atoms with van der Waals surface area (Å²) in [5.74, 6) is 1.02. The van der Waals surface area contributed by atoms with Crippen LogP contribution in [0.5, 0.6) is 0 Å². The van der Waals surface area contributed by atoms with E-state index in [1.807, 2.05) is 13.8 Å². The Kier molecular flexibility index (Phi) is 8.70. The first-order valence-corrected chi connectivity index (χ1v) is 6.03. The smallest absolute Gasteiger partial charge is 0.219 e. The van der Waals surface area contributed by atoms with Crippen LogP contribution in [0.1, 0.15) is 58.8 Å². The second-order valence-corrected chi connectivity index (χ2v) is 3.72. The van der Waals surface area contributed by atoms with Crippen molar-refractivity contribution < 1.29 is 4.79 Å². The van der Waals surface area contributed by atoms with E-state index < -0.39 is 0 Å². The molecule has 0 saturated heterocycles. The van der Waals surface area contributed by atoms with Gasteiger partial charge in [-0.05, 0) is 12.3 Å². The van der Waals surface area contributed by atoms with Crippen LogP contribution in [-0.2, 0) is 4.79 Å². The Morgan fingerprint density at radius 3 is 2.29 bits per heavy atom. The van der Waals surface area contributed by atoms with E-state index in [9.17, 15) is 4.79 Å². The largest absolute Gasteiger partial charge is 0.359 e. The molecular formula is C12H25NO. The number of carbonyl (C=O) groups is 1. The van der Waals surface area contributed by atoms with Crippen LogP contribution in [-0.4, -0.2) is 13.0 Å². The highest BCUT2D eigenvalue weighted by Crippen LogP contribution is 2.26. The standard InChI is InChI=1S/C10H19NO.C2H6/c1-11-10(12)8-7-9-5-3-2-4-6-9;1-2/h9H,2-8H2,1H3,(H,11,12);1-2H3. The highest BCUT2D eigenvalue weighted by molar-refractivity contribution is 5.75. The van der Waals surface area contributed by atoms with Gasteiger partial charge in [0.15, 0.2) is 0 Å². The molecule has 1 fully saturated rings. The number of hydrogen-bond acceptors (Lipinski definition) is 1. The van der Waals surface area contributed by atoms with E-state index in [1.165, 1.54) is 32.1 Å². The average molecular weight is 199 g/mol. The molecule has 0 spiro atoms. The van der Waals surface area contributed by atoms with Gasteiger partial charge in [0.05, 0.1) is 0 Å². The summed E-state index contributed by atoms with van der Waals surface area (Å²) in [4.78, 5) is 10.9. The predicted molar refractivity (Wildman–Crippen MR) is 61.2 cm³/mol. The zero-order chi connectivity index (χ0) is 10.8. The lowest BCUT2D eigenvalue weighted by atomic mass is 9.86. The van der Waals surface area contributed by atoms with Crippen molar-refractivity contribution in [2.24, 2.45) is 5.92 Å². The second-order valence-electron chi connectivity index (χ2n) is 3.72. The zero-order valence-corrected chi connectivity index (χ0v) is 9.94. The molecule has 1 N–H and O–H groups in total. The number of rotatable bonds is 3. The molecule has 0 heterocycles. The van der Waals surface area contributed by atoms with Crippen molar-refractivity contribution in [3.63, 3.8) is 0 Å². The summed E-state index contributed by atoms with van der Waals surface area (Å²) in [6, 6.07) is 0. The number of nitrogens with one attached hydrogen (secondary N) is 1. The molecule has 14 heavy (non-hydrogen) atoms. The summed E-state index contributed by atoms with van der Waals surface area (Å²) in [7, 11) is 1.71. The van der Waals surface area contributed by atoms with Crippen LogP contribution in [0.15, 0.2) is 0 Å². The van der Waals surface area contributed by atoms with Gasteiger partial charge in [-0.25, -0.2) is 0 Å². The molecule has 0 aromatic heterocycles. The molecule has 0 radical (unpaired) electrons. The normalized spacial score (nSPS) is 16.8. The summed E-state index contributed by atoms with van der Waals surface area (Å²) < 4.78 is 0. The molecule has 1 amide bonds. The minimum Gasteiger partial charge on any atom is -0.359 e. The first kappa shape index (κ1) is 13.5. The first-order chi connectivity index (χ1) is 6.83. The van der Waals surface area contributed by atoms with Crippen molar-refractivity contribution >= 4 is 5.91 Å². The number of carbonyl (C=O) groups excluding carboxylic acids is 1. The van der Waals surface area contributed by atoms with Crippen LogP contribution in [0.4, 0.5) is 0 Å². The monoisotopic (exact) mass is 199 g/mol. The lowest BCUT2D eigenvalue weighted by molar-refractivity contribution is -0.120. The fourth-order valence-electron chi connectivity index (χ4n) is 1.94. The molecule has 1 saturated carbocycles. The third kappa shape index (κ3) is 6.01. The highest BCUT2D eigenvalue weighted by atomic mass is 16.1. The summed E-state index contributed by atoms with van der Waals surface area (Å²) in [6.07, 6.45) is 8.65. The molecule has 0 aromatic rings. The van der Waals surface area contributed by atoms with Gasteiger partial charge in [0, 0.05) is 13.5 Å². The SMILES string of the molecule is CC.CNC(=O)CCC1CCCCC1. The van der Waals surface area contributed by atoms with Crippen molar-refractivity contribution in [1.29, 1.82) is 0 Å². The van der Waals surface area contributed by atoms with Crippen LogP contribution >= 0.6 is 0 Å². The van der Waals surface area contributed by atoms with Crippen LogP contribution < -0.4 is 5.32 Å². The lowest BCUT2D eigenvalue weighted by Gasteiger charge is -2.20. The van der Waals surface area contributed by atoms with E-state index in [-0.39, 0.29) is 5.91 Å². The summed E-state index contributed by atoms with van der Waals surface area (Å²) in [5.41, 5.74) is 0. The molecule has 2 heteroatoms. The minimum absolute atomic E-state index is 0.195. The van der Waals surface area contributed by atoms with E-state index in [0.29, 0.717) is 0 Å². The second kappa shape index (κ2) is 9.04. The van der Waals surface area contributed by atoms with E-state index >= 15 is 0 Å². The quantitative estimate of drug-likeness (QED) is 0.743. The van der Waals surface area contributed by atoms with E-state index in [2.05, 4.69) is 5.32 Å². The molecule has 2 nitrogen and oxygen atoms in total. The molecule has 0 bridgehead atoms. The Morgan fingerprint density at radius 1 is 1.21 bits per heavy atom. The topological polar surface area (TPSA) is 29.1 Å². The minimum atomic E-state index is 0.195. The number of hydrogen-bond donors (Lipinski definition) is 1. The van der Waals surface area contributed by atoms with Crippen LogP contribution in [0.25, 0.3) is 0 Å². The van der Waals surface area contributed by atoms with E-state index in [1.54, 1.807) is 7.05 Å². The van der Waals surface area contributed by atoms with Crippen molar-refractivity contribution in [3.8, 4) is 0 Å².